The number of fused-ring (bicyclic) bond motifs is 1. The summed E-state index contributed by atoms with van der Waals surface area (Å²) in [5.74, 6) is -6.18. The van der Waals surface area contributed by atoms with E-state index in [1.165, 1.54) is 12.3 Å². The van der Waals surface area contributed by atoms with Gasteiger partial charge in [-0.15, -0.1) is 0 Å². The Morgan fingerprint density at radius 2 is 1.75 bits per heavy atom. The first kappa shape index (κ1) is 30.3. The largest absolute Gasteiger partial charge is 0.504 e. The highest BCUT2D eigenvalue weighted by Crippen LogP contribution is 2.39. The van der Waals surface area contributed by atoms with Crippen LogP contribution in [0.3, 0.4) is 0 Å². The molecule has 0 unspecified atom stereocenters. The minimum absolute atomic E-state index is 0.00571. The number of hydrogen-bond acceptors (Lipinski definition) is 10. The molecular weight excluding hydrogens is 576 g/mol. The van der Waals surface area contributed by atoms with Crippen LogP contribution in [0.5, 0.6) is 17.2 Å². The lowest BCUT2D eigenvalue weighted by atomic mass is 10.1. The standard InChI is InChI=1S/C31H31F2N5O6/c1-5-25(39)36-20-13-17(38-11-9-37(6-2)10-12-38)7-8-19(20)35-24-14-18-23(16-34-24)44-31(29(18)40)30(41)26-27(32)21(42-3)15-22(43-4)28(26)33/h5,7-8,13-16,40H,1,6,9-12H2,2-4H3,(H,34,35)(H,36,39). The second-order valence-corrected chi connectivity index (χ2v) is 9.93. The molecule has 3 heterocycles. The van der Waals surface area contributed by atoms with Gasteiger partial charge >= 0.3 is 0 Å². The molecule has 1 amide bonds. The first-order valence-electron chi connectivity index (χ1n) is 13.8. The topological polar surface area (TPSA) is 129 Å². The molecular formula is C31H31F2N5O6. The van der Waals surface area contributed by atoms with Crippen molar-refractivity contribution < 1.29 is 37.4 Å². The lowest BCUT2D eigenvalue weighted by molar-refractivity contribution is -0.111. The molecule has 44 heavy (non-hydrogen) atoms. The van der Waals surface area contributed by atoms with Crippen molar-refractivity contribution >= 4 is 45.5 Å². The van der Waals surface area contributed by atoms with Gasteiger partial charge in [-0.1, -0.05) is 13.5 Å². The number of nitrogens with zero attached hydrogens (tertiary/aromatic N) is 3. The summed E-state index contributed by atoms with van der Waals surface area (Å²) in [6.45, 7) is 10.2. The van der Waals surface area contributed by atoms with Gasteiger partial charge in [-0.05, 0) is 36.9 Å². The minimum atomic E-state index is -1.28. The van der Waals surface area contributed by atoms with Crippen LogP contribution >= 0.6 is 0 Å². The van der Waals surface area contributed by atoms with E-state index in [1.807, 2.05) is 12.1 Å². The van der Waals surface area contributed by atoms with Gasteiger partial charge in [0.2, 0.25) is 17.5 Å². The van der Waals surface area contributed by atoms with Crippen molar-refractivity contribution in [1.29, 1.82) is 0 Å². The molecule has 230 valence electrons. The highest BCUT2D eigenvalue weighted by atomic mass is 19.1. The van der Waals surface area contributed by atoms with Crippen molar-refractivity contribution in [1.82, 2.24) is 9.88 Å². The number of aromatic hydroxyl groups is 1. The Morgan fingerprint density at radius 1 is 1.07 bits per heavy atom. The van der Waals surface area contributed by atoms with E-state index in [2.05, 4.69) is 38.9 Å². The van der Waals surface area contributed by atoms with Gasteiger partial charge in [0.15, 0.2) is 34.5 Å². The molecule has 0 aliphatic carbocycles. The normalized spacial score (nSPS) is 13.5. The summed E-state index contributed by atoms with van der Waals surface area (Å²) in [6, 6.07) is 7.93. The average molecular weight is 608 g/mol. The number of ketones is 1. The average Bonchev–Trinajstić information content (AvgIpc) is 3.37. The maximum atomic E-state index is 15.0. The number of nitrogens with one attached hydrogen (secondary N) is 2. The number of aromatic nitrogens is 1. The first-order valence-corrected chi connectivity index (χ1v) is 13.8. The number of likely N-dealkylation sites (N-methyl/N-ethyl adjacent to an activating group) is 1. The van der Waals surface area contributed by atoms with Gasteiger partial charge < -0.3 is 39.4 Å². The number of amides is 1. The van der Waals surface area contributed by atoms with Gasteiger partial charge in [0.25, 0.3) is 0 Å². The van der Waals surface area contributed by atoms with E-state index in [1.54, 1.807) is 6.07 Å². The monoisotopic (exact) mass is 607 g/mol. The Hall–Kier alpha value is -5.17. The molecule has 0 bridgehead atoms. The minimum Gasteiger partial charge on any atom is -0.504 e. The fraction of sp³-hybridized carbons (Fsp3) is 0.258. The number of pyridine rings is 1. The zero-order valence-electron chi connectivity index (χ0n) is 24.4. The van der Waals surface area contributed by atoms with Crippen LogP contribution in [-0.2, 0) is 4.79 Å². The van der Waals surface area contributed by atoms with E-state index >= 15 is 0 Å². The molecule has 0 atom stereocenters. The molecule has 11 nitrogen and oxygen atoms in total. The summed E-state index contributed by atoms with van der Waals surface area (Å²) < 4.78 is 45.3. The number of furan rings is 1. The number of methoxy groups -OCH3 is 2. The lowest BCUT2D eigenvalue weighted by Crippen LogP contribution is -2.46. The van der Waals surface area contributed by atoms with Gasteiger partial charge in [-0.2, -0.15) is 0 Å². The lowest BCUT2D eigenvalue weighted by Gasteiger charge is -2.35. The van der Waals surface area contributed by atoms with Crippen LogP contribution in [0.2, 0.25) is 0 Å². The summed E-state index contributed by atoms with van der Waals surface area (Å²) in [5, 5.41) is 16.9. The predicted octanol–water partition coefficient (Wildman–Crippen LogP) is 5.07. The quantitative estimate of drug-likeness (QED) is 0.166. The Kier molecular flexibility index (Phi) is 8.67. The van der Waals surface area contributed by atoms with Crippen molar-refractivity contribution in [2.24, 2.45) is 0 Å². The maximum absolute atomic E-state index is 15.0. The van der Waals surface area contributed by atoms with E-state index < -0.39 is 51.9 Å². The third-order valence-corrected chi connectivity index (χ3v) is 7.45. The highest BCUT2D eigenvalue weighted by Gasteiger charge is 2.31. The van der Waals surface area contributed by atoms with Crippen molar-refractivity contribution in [3.8, 4) is 17.2 Å². The maximum Gasteiger partial charge on any atom is 0.247 e. The Balaban J connectivity index is 1.47. The summed E-state index contributed by atoms with van der Waals surface area (Å²) in [7, 11) is 2.30. The first-order chi connectivity index (χ1) is 21.2. The number of benzene rings is 2. The number of rotatable bonds is 10. The summed E-state index contributed by atoms with van der Waals surface area (Å²) >= 11 is 0. The summed E-state index contributed by atoms with van der Waals surface area (Å²) in [4.78, 5) is 34.4. The van der Waals surface area contributed by atoms with Gasteiger partial charge in [0, 0.05) is 37.9 Å². The highest BCUT2D eigenvalue weighted by molar-refractivity contribution is 6.12. The molecule has 13 heteroatoms. The van der Waals surface area contributed by atoms with Crippen LogP contribution in [-0.4, -0.2) is 73.6 Å². The van der Waals surface area contributed by atoms with Gasteiger partial charge in [-0.25, -0.2) is 13.8 Å². The number of carbonyl (C=O) groups excluding carboxylic acids is 2. The summed E-state index contributed by atoms with van der Waals surface area (Å²) in [5.41, 5.74) is 0.875. The van der Waals surface area contributed by atoms with E-state index in [-0.39, 0.29) is 16.8 Å². The van der Waals surface area contributed by atoms with Gasteiger partial charge in [0.1, 0.15) is 11.4 Å². The number of hydrogen-bond donors (Lipinski definition) is 3. The third kappa shape index (κ3) is 5.73. The van der Waals surface area contributed by atoms with Crippen molar-refractivity contribution in [2.75, 3.05) is 62.5 Å². The van der Waals surface area contributed by atoms with Crippen LogP contribution in [0, 0.1) is 11.6 Å². The van der Waals surface area contributed by atoms with E-state index in [4.69, 9.17) is 13.9 Å². The van der Waals surface area contributed by atoms with Crippen molar-refractivity contribution in [2.45, 2.75) is 6.92 Å². The number of halogens is 2. The van der Waals surface area contributed by atoms with E-state index in [0.29, 0.717) is 11.4 Å². The molecule has 0 radical (unpaired) electrons. The van der Waals surface area contributed by atoms with Crippen LogP contribution in [0.4, 0.5) is 31.7 Å². The smallest absolute Gasteiger partial charge is 0.247 e. The number of carbonyl (C=O) groups is 2. The third-order valence-electron chi connectivity index (χ3n) is 7.45. The molecule has 0 saturated carbocycles. The molecule has 1 fully saturated rings. The van der Waals surface area contributed by atoms with Crippen LogP contribution in [0.25, 0.3) is 11.0 Å². The molecule has 1 aliphatic heterocycles. The van der Waals surface area contributed by atoms with E-state index in [0.717, 1.165) is 64.8 Å². The van der Waals surface area contributed by atoms with Gasteiger partial charge in [0.05, 0.1) is 37.2 Å². The number of anilines is 4. The predicted molar refractivity (Wildman–Crippen MR) is 161 cm³/mol. The SMILES string of the molecule is C=CC(=O)Nc1cc(N2CCN(CC)CC2)ccc1Nc1cc2c(O)c(C(=O)c3c(F)c(OC)cc(OC)c3F)oc2cn1. The molecule has 2 aromatic heterocycles. The fourth-order valence-electron chi connectivity index (χ4n) is 5.00. The molecule has 2 aromatic carbocycles. The Bertz CT molecular complexity index is 1720. The second kappa shape index (κ2) is 12.6. The fourth-order valence-corrected chi connectivity index (χ4v) is 5.00. The molecule has 4 aromatic rings. The molecule has 0 spiro atoms. The van der Waals surface area contributed by atoms with Crippen molar-refractivity contribution in [3.05, 3.63) is 72.1 Å². The molecule has 1 aliphatic rings. The van der Waals surface area contributed by atoms with Crippen LogP contribution in [0.1, 0.15) is 23.0 Å². The zero-order valence-corrected chi connectivity index (χ0v) is 24.4. The van der Waals surface area contributed by atoms with Crippen molar-refractivity contribution in [3.63, 3.8) is 0 Å². The summed E-state index contributed by atoms with van der Waals surface area (Å²) in [6.07, 6.45) is 2.41. The Labute approximate surface area is 251 Å². The molecule has 3 N–H and O–H groups in total. The second-order valence-electron chi connectivity index (χ2n) is 9.93. The number of piperazine rings is 1. The van der Waals surface area contributed by atoms with Crippen LogP contribution in [0.15, 0.2) is 53.6 Å². The zero-order chi connectivity index (χ0) is 31.5. The van der Waals surface area contributed by atoms with E-state index in [9.17, 15) is 23.5 Å². The van der Waals surface area contributed by atoms with Gasteiger partial charge in [-0.3, -0.25) is 9.59 Å². The Morgan fingerprint density at radius 3 is 2.36 bits per heavy atom. The molecule has 1 saturated heterocycles. The number of ether oxygens (including phenoxy) is 2. The molecule has 5 rings (SSSR count). The van der Waals surface area contributed by atoms with Crippen LogP contribution < -0.4 is 25.0 Å².